The molecule has 2 nitrogen and oxygen atoms in total. The summed E-state index contributed by atoms with van der Waals surface area (Å²) in [6.45, 7) is 1.03. The Morgan fingerprint density at radius 1 is 1.06 bits per heavy atom. The van der Waals surface area contributed by atoms with Crippen LogP contribution in [-0.2, 0) is 6.42 Å². The molecule has 0 bridgehead atoms. The highest BCUT2D eigenvalue weighted by Gasteiger charge is 2.19. The van der Waals surface area contributed by atoms with Gasteiger partial charge in [0, 0.05) is 16.7 Å². The highest BCUT2D eigenvalue weighted by atomic mass is 79.9. The van der Waals surface area contributed by atoms with Gasteiger partial charge in [-0.2, -0.15) is 0 Å². The molecule has 1 aliphatic heterocycles. The largest absolute Gasteiger partial charge is 0.397 e. The van der Waals surface area contributed by atoms with E-state index in [1.54, 1.807) is 0 Å². The van der Waals surface area contributed by atoms with Gasteiger partial charge in [-0.15, -0.1) is 0 Å². The average Bonchev–Trinajstić information content (AvgIpc) is 2.41. The van der Waals surface area contributed by atoms with Crippen LogP contribution in [0.25, 0.3) is 0 Å². The van der Waals surface area contributed by atoms with Crippen LogP contribution < -0.4 is 10.6 Å². The molecule has 0 radical (unpaired) electrons. The minimum atomic E-state index is 0.829. The van der Waals surface area contributed by atoms with Crippen LogP contribution in [0, 0.1) is 0 Å². The fraction of sp³-hybridized carbons (Fsp3) is 0.200. The minimum Gasteiger partial charge on any atom is -0.397 e. The molecule has 2 N–H and O–H groups in total. The Hall–Kier alpha value is -1.48. The number of rotatable bonds is 1. The third-order valence-corrected chi connectivity index (χ3v) is 3.89. The van der Waals surface area contributed by atoms with E-state index >= 15 is 0 Å². The Bertz CT molecular complexity index is 580. The highest BCUT2D eigenvalue weighted by Crippen LogP contribution is 2.37. The fourth-order valence-corrected chi connectivity index (χ4v) is 2.88. The number of nitrogen functional groups attached to an aromatic ring is 1. The first kappa shape index (κ1) is 11.6. The summed E-state index contributed by atoms with van der Waals surface area (Å²) in [7, 11) is 0. The van der Waals surface area contributed by atoms with Crippen molar-refractivity contribution < 1.29 is 0 Å². The molecule has 0 aromatic heterocycles. The number of hydrogen-bond acceptors (Lipinski definition) is 2. The molecule has 2 aromatic carbocycles. The van der Waals surface area contributed by atoms with Crippen LogP contribution in [0.3, 0.4) is 0 Å². The van der Waals surface area contributed by atoms with Crippen molar-refractivity contribution in [2.45, 2.75) is 12.8 Å². The Labute approximate surface area is 116 Å². The molecule has 0 saturated carbocycles. The molecule has 0 saturated heterocycles. The van der Waals surface area contributed by atoms with Crippen molar-refractivity contribution in [2.24, 2.45) is 0 Å². The van der Waals surface area contributed by atoms with E-state index in [4.69, 9.17) is 5.73 Å². The van der Waals surface area contributed by atoms with E-state index in [1.165, 1.54) is 17.7 Å². The standard InChI is InChI=1S/C15H15BrN2/c16-12-7-8-13(17)15(10-12)18-9-3-5-11-4-1-2-6-14(11)18/h1-2,4,6-8,10H,3,5,9,17H2. The number of hydrogen-bond donors (Lipinski definition) is 1. The first-order valence-electron chi connectivity index (χ1n) is 6.16. The number of nitrogens with zero attached hydrogens (tertiary/aromatic N) is 1. The van der Waals surface area contributed by atoms with E-state index in [0.717, 1.165) is 28.8 Å². The summed E-state index contributed by atoms with van der Waals surface area (Å²) in [5, 5.41) is 0. The van der Waals surface area contributed by atoms with Crippen molar-refractivity contribution >= 4 is 33.0 Å². The average molecular weight is 303 g/mol. The van der Waals surface area contributed by atoms with Crippen molar-refractivity contribution in [2.75, 3.05) is 17.2 Å². The Kier molecular flexibility index (Phi) is 3.00. The van der Waals surface area contributed by atoms with Gasteiger partial charge in [-0.1, -0.05) is 34.1 Å². The normalized spacial score (nSPS) is 14.4. The predicted octanol–water partition coefficient (Wildman–Crippen LogP) is 4.12. The van der Waals surface area contributed by atoms with Gasteiger partial charge in [0.15, 0.2) is 0 Å². The smallest absolute Gasteiger partial charge is 0.0655 e. The molecular weight excluding hydrogens is 288 g/mol. The summed E-state index contributed by atoms with van der Waals surface area (Å²) in [5.41, 5.74) is 10.7. The number of halogens is 1. The number of fused-ring (bicyclic) bond motifs is 1. The molecule has 0 unspecified atom stereocenters. The van der Waals surface area contributed by atoms with Gasteiger partial charge in [0.05, 0.1) is 11.4 Å². The predicted molar refractivity (Wildman–Crippen MR) is 80.3 cm³/mol. The van der Waals surface area contributed by atoms with E-state index in [9.17, 15) is 0 Å². The summed E-state index contributed by atoms with van der Waals surface area (Å²) in [5.74, 6) is 0. The lowest BCUT2D eigenvalue weighted by Gasteiger charge is -2.32. The molecule has 3 heteroatoms. The third-order valence-electron chi connectivity index (χ3n) is 3.39. The summed E-state index contributed by atoms with van der Waals surface area (Å²) >= 11 is 3.52. The Morgan fingerprint density at radius 3 is 2.78 bits per heavy atom. The lowest BCUT2D eigenvalue weighted by atomic mass is 10.0. The molecule has 18 heavy (non-hydrogen) atoms. The zero-order valence-corrected chi connectivity index (χ0v) is 11.7. The number of para-hydroxylation sites is 1. The van der Waals surface area contributed by atoms with E-state index in [1.807, 2.05) is 12.1 Å². The summed E-state index contributed by atoms with van der Waals surface area (Å²) in [6.07, 6.45) is 2.32. The van der Waals surface area contributed by atoms with Gasteiger partial charge in [-0.05, 0) is 42.7 Å². The van der Waals surface area contributed by atoms with Crippen molar-refractivity contribution in [1.29, 1.82) is 0 Å². The van der Waals surface area contributed by atoms with Crippen molar-refractivity contribution in [3.05, 3.63) is 52.5 Å². The summed E-state index contributed by atoms with van der Waals surface area (Å²) < 4.78 is 1.06. The van der Waals surface area contributed by atoms with E-state index in [2.05, 4.69) is 51.2 Å². The Morgan fingerprint density at radius 2 is 1.89 bits per heavy atom. The van der Waals surface area contributed by atoms with Crippen molar-refractivity contribution in [3.8, 4) is 0 Å². The molecule has 0 aliphatic carbocycles. The number of aryl methyl sites for hydroxylation is 1. The molecule has 0 fully saturated rings. The van der Waals surface area contributed by atoms with Gasteiger partial charge < -0.3 is 10.6 Å². The number of nitrogens with two attached hydrogens (primary N) is 1. The first-order chi connectivity index (χ1) is 8.75. The van der Waals surface area contributed by atoms with Crippen LogP contribution in [0.2, 0.25) is 0 Å². The second-order valence-corrected chi connectivity index (χ2v) is 5.50. The quantitative estimate of drug-likeness (QED) is 0.803. The number of benzene rings is 2. The highest BCUT2D eigenvalue weighted by molar-refractivity contribution is 9.10. The fourth-order valence-electron chi connectivity index (χ4n) is 2.53. The van der Waals surface area contributed by atoms with Crippen LogP contribution in [0.15, 0.2) is 46.9 Å². The maximum atomic E-state index is 6.11. The molecule has 1 aliphatic rings. The minimum absolute atomic E-state index is 0.829. The third kappa shape index (κ3) is 1.99. The maximum Gasteiger partial charge on any atom is 0.0655 e. The molecule has 3 rings (SSSR count). The van der Waals surface area contributed by atoms with Crippen LogP contribution in [-0.4, -0.2) is 6.54 Å². The second-order valence-electron chi connectivity index (χ2n) is 4.59. The van der Waals surface area contributed by atoms with Gasteiger partial charge >= 0.3 is 0 Å². The van der Waals surface area contributed by atoms with E-state index in [0.29, 0.717) is 0 Å². The van der Waals surface area contributed by atoms with Gasteiger partial charge in [-0.3, -0.25) is 0 Å². The van der Waals surface area contributed by atoms with E-state index in [-0.39, 0.29) is 0 Å². The molecule has 0 spiro atoms. The van der Waals surface area contributed by atoms with Gasteiger partial charge in [0.1, 0.15) is 0 Å². The van der Waals surface area contributed by atoms with Gasteiger partial charge in [0.2, 0.25) is 0 Å². The molecule has 0 atom stereocenters. The summed E-state index contributed by atoms with van der Waals surface area (Å²) in [6, 6.07) is 14.6. The van der Waals surface area contributed by atoms with Crippen molar-refractivity contribution in [3.63, 3.8) is 0 Å². The Balaban J connectivity index is 2.11. The van der Waals surface area contributed by atoms with Crippen LogP contribution in [0.5, 0.6) is 0 Å². The lowest BCUT2D eigenvalue weighted by Crippen LogP contribution is -2.25. The molecule has 92 valence electrons. The molecule has 1 heterocycles. The van der Waals surface area contributed by atoms with Crippen LogP contribution >= 0.6 is 15.9 Å². The van der Waals surface area contributed by atoms with Crippen molar-refractivity contribution in [1.82, 2.24) is 0 Å². The lowest BCUT2D eigenvalue weighted by molar-refractivity contribution is 0.767. The maximum absolute atomic E-state index is 6.11. The van der Waals surface area contributed by atoms with Crippen LogP contribution in [0.1, 0.15) is 12.0 Å². The molecule has 0 amide bonds. The zero-order chi connectivity index (χ0) is 12.5. The second kappa shape index (κ2) is 4.65. The van der Waals surface area contributed by atoms with Gasteiger partial charge in [-0.25, -0.2) is 0 Å². The zero-order valence-electron chi connectivity index (χ0n) is 10.1. The topological polar surface area (TPSA) is 29.3 Å². The molecular formula is C15H15BrN2. The summed E-state index contributed by atoms with van der Waals surface area (Å²) in [4.78, 5) is 2.32. The monoisotopic (exact) mass is 302 g/mol. The SMILES string of the molecule is Nc1ccc(Br)cc1N1CCCc2ccccc21. The van der Waals surface area contributed by atoms with E-state index < -0.39 is 0 Å². The van der Waals surface area contributed by atoms with Gasteiger partial charge in [0.25, 0.3) is 0 Å². The first-order valence-corrected chi connectivity index (χ1v) is 6.95. The number of anilines is 3. The van der Waals surface area contributed by atoms with Crippen LogP contribution in [0.4, 0.5) is 17.1 Å². The molecule has 2 aromatic rings.